The third-order valence-electron chi connectivity index (χ3n) is 5.65. The molecule has 2 aromatic carbocycles. The van der Waals surface area contributed by atoms with E-state index in [9.17, 15) is 13.2 Å². The van der Waals surface area contributed by atoms with Gasteiger partial charge >= 0.3 is 0 Å². The van der Waals surface area contributed by atoms with E-state index in [0.717, 1.165) is 18.3 Å². The zero-order valence-corrected chi connectivity index (χ0v) is 16.6. The summed E-state index contributed by atoms with van der Waals surface area (Å²) in [6.45, 7) is 0.690. The van der Waals surface area contributed by atoms with E-state index >= 15 is 0 Å². The number of hydrogen-bond acceptors (Lipinski definition) is 4. The Morgan fingerprint density at radius 2 is 1.88 bits per heavy atom. The van der Waals surface area contributed by atoms with Crippen molar-refractivity contribution in [2.45, 2.75) is 19.4 Å². The maximum Gasteiger partial charge on any atom is 0.168 e. The SMILES string of the molecule is Fc1cc(F)c(F)c(-c2nc3n(c2-c2ccc4ncc(-n5ccnc5)nc4c2)CCC3)c1. The zero-order valence-electron chi connectivity index (χ0n) is 16.6. The molecule has 6 nitrogen and oxygen atoms in total. The van der Waals surface area contributed by atoms with Gasteiger partial charge in [-0.05, 0) is 24.6 Å². The summed E-state index contributed by atoms with van der Waals surface area (Å²) < 4.78 is 46.3. The molecule has 3 aromatic heterocycles. The van der Waals surface area contributed by atoms with Gasteiger partial charge in [0.2, 0.25) is 0 Å². The molecule has 4 heterocycles. The quantitative estimate of drug-likeness (QED) is 0.388. The molecule has 0 N–H and O–H groups in total. The maximum absolute atomic E-state index is 14.7. The minimum Gasteiger partial charge on any atom is -0.327 e. The number of imidazole rings is 2. The number of aromatic nitrogens is 6. The molecule has 9 heteroatoms. The normalized spacial score (nSPS) is 13.1. The van der Waals surface area contributed by atoms with Crippen molar-refractivity contribution in [2.75, 3.05) is 0 Å². The highest BCUT2D eigenvalue weighted by Crippen LogP contribution is 2.38. The Labute approximate surface area is 180 Å². The van der Waals surface area contributed by atoms with Gasteiger partial charge in [-0.25, -0.2) is 28.1 Å². The van der Waals surface area contributed by atoms with Gasteiger partial charge < -0.3 is 4.57 Å². The van der Waals surface area contributed by atoms with Crippen LogP contribution in [-0.4, -0.2) is 29.1 Å². The Morgan fingerprint density at radius 1 is 0.969 bits per heavy atom. The molecule has 0 saturated heterocycles. The van der Waals surface area contributed by atoms with Crippen LogP contribution in [0.1, 0.15) is 12.2 Å². The number of benzene rings is 2. The molecule has 1 aliphatic heterocycles. The topological polar surface area (TPSA) is 61.4 Å². The summed E-state index contributed by atoms with van der Waals surface area (Å²) in [5.74, 6) is -1.85. The molecule has 32 heavy (non-hydrogen) atoms. The Balaban J connectivity index is 1.57. The minimum atomic E-state index is -1.24. The summed E-state index contributed by atoms with van der Waals surface area (Å²) in [7, 11) is 0. The molecule has 0 spiro atoms. The van der Waals surface area contributed by atoms with Crippen LogP contribution in [-0.2, 0) is 13.0 Å². The zero-order chi connectivity index (χ0) is 21.8. The largest absolute Gasteiger partial charge is 0.327 e. The Kier molecular flexibility index (Phi) is 4.11. The fourth-order valence-electron chi connectivity index (χ4n) is 4.20. The van der Waals surface area contributed by atoms with Crippen LogP contribution < -0.4 is 0 Å². The molecule has 0 bridgehead atoms. The van der Waals surface area contributed by atoms with E-state index in [-0.39, 0.29) is 11.3 Å². The fraction of sp³-hybridized carbons (Fsp3) is 0.130. The van der Waals surface area contributed by atoms with Crippen LogP contribution in [0.5, 0.6) is 0 Å². The Bertz CT molecular complexity index is 1490. The average Bonchev–Trinajstić information content (AvgIpc) is 3.53. The van der Waals surface area contributed by atoms with Crippen molar-refractivity contribution in [2.24, 2.45) is 0 Å². The summed E-state index contributed by atoms with van der Waals surface area (Å²) in [5.41, 5.74) is 2.65. The summed E-state index contributed by atoms with van der Waals surface area (Å²) >= 11 is 0. The fourth-order valence-corrected chi connectivity index (χ4v) is 4.20. The lowest BCUT2D eigenvalue weighted by Gasteiger charge is -2.11. The van der Waals surface area contributed by atoms with Crippen molar-refractivity contribution in [3.8, 4) is 28.3 Å². The lowest BCUT2D eigenvalue weighted by molar-refractivity contribution is 0.497. The molecule has 0 fully saturated rings. The molecule has 0 aliphatic carbocycles. The van der Waals surface area contributed by atoms with E-state index in [1.54, 1.807) is 29.5 Å². The van der Waals surface area contributed by atoms with Gasteiger partial charge in [0.25, 0.3) is 0 Å². The van der Waals surface area contributed by atoms with E-state index in [1.165, 1.54) is 0 Å². The molecular formula is C23H15F3N6. The molecule has 6 rings (SSSR count). The van der Waals surface area contributed by atoms with Crippen molar-refractivity contribution in [3.63, 3.8) is 0 Å². The molecule has 158 valence electrons. The Morgan fingerprint density at radius 3 is 2.72 bits per heavy atom. The van der Waals surface area contributed by atoms with E-state index in [0.29, 0.717) is 47.1 Å². The molecule has 1 aliphatic rings. The van der Waals surface area contributed by atoms with Gasteiger partial charge in [-0.3, -0.25) is 9.55 Å². The van der Waals surface area contributed by atoms with E-state index in [1.807, 2.05) is 22.8 Å². The van der Waals surface area contributed by atoms with Gasteiger partial charge in [-0.2, -0.15) is 0 Å². The first-order chi connectivity index (χ1) is 15.6. The lowest BCUT2D eigenvalue weighted by Crippen LogP contribution is -2.00. The van der Waals surface area contributed by atoms with Crippen LogP contribution in [0.4, 0.5) is 13.2 Å². The van der Waals surface area contributed by atoms with Crippen LogP contribution >= 0.6 is 0 Å². The first-order valence-corrected chi connectivity index (χ1v) is 10.1. The summed E-state index contributed by atoms with van der Waals surface area (Å²) in [5, 5.41) is 0. The van der Waals surface area contributed by atoms with Crippen molar-refractivity contribution >= 4 is 11.0 Å². The van der Waals surface area contributed by atoms with Crippen LogP contribution in [0.25, 0.3) is 39.4 Å². The monoisotopic (exact) mass is 432 g/mol. The molecule has 0 radical (unpaired) electrons. The first kappa shape index (κ1) is 18.7. The summed E-state index contributed by atoms with van der Waals surface area (Å²) in [6.07, 6.45) is 8.30. The third kappa shape index (κ3) is 2.89. The average molecular weight is 432 g/mol. The van der Waals surface area contributed by atoms with Gasteiger partial charge in [0.05, 0.1) is 28.6 Å². The van der Waals surface area contributed by atoms with Gasteiger partial charge in [0, 0.05) is 42.6 Å². The smallest absolute Gasteiger partial charge is 0.168 e. The predicted molar refractivity (Wildman–Crippen MR) is 112 cm³/mol. The number of rotatable bonds is 3. The molecule has 0 atom stereocenters. The number of halogens is 3. The van der Waals surface area contributed by atoms with E-state index in [4.69, 9.17) is 0 Å². The number of fused-ring (bicyclic) bond motifs is 2. The predicted octanol–water partition coefficient (Wildman–Crippen LogP) is 4.71. The molecular weight excluding hydrogens is 417 g/mol. The summed E-state index contributed by atoms with van der Waals surface area (Å²) in [4.78, 5) is 17.7. The van der Waals surface area contributed by atoms with Gasteiger partial charge in [-0.1, -0.05) is 6.07 Å². The third-order valence-corrected chi connectivity index (χ3v) is 5.65. The molecule has 0 saturated carbocycles. The van der Waals surface area contributed by atoms with Gasteiger partial charge in [0.1, 0.15) is 18.0 Å². The lowest BCUT2D eigenvalue weighted by atomic mass is 10.0. The van der Waals surface area contributed by atoms with E-state index < -0.39 is 17.5 Å². The highest BCUT2D eigenvalue weighted by Gasteiger charge is 2.26. The summed E-state index contributed by atoms with van der Waals surface area (Å²) in [6, 6.07) is 7.01. The molecule has 0 unspecified atom stereocenters. The standard InChI is InChI=1S/C23H15F3N6/c24-14-9-15(21(26)16(25)10-14)22-23(32-6-1-2-19(32)30-22)13-3-4-17-18(8-13)29-20(11-28-17)31-7-5-27-12-31/h3-5,7-12H,1-2,6H2. The van der Waals surface area contributed by atoms with Crippen molar-refractivity contribution in [3.05, 3.63) is 78.5 Å². The van der Waals surface area contributed by atoms with Crippen molar-refractivity contribution in [1.29, 1.82) is 0 Å². The van der Waals surface area contributed by atoms with Crippen LogP contribution in [0.3, 0.4) is 0 Å². The van der Waals surface area contributed by atoms with Gasteiger partial charge in [0.15, 0.2) is 17.5 Å². The highest BCUT2D eigenvalue weighted by atomic mass is 19.2. The molecule has 5 aromatic rings. The van der Waals surface area contributed by atoms with Crippen LogP contribution in [0, 0.1) is 17.5 Å². The van der Waals surface area contributed by atoms with Crippen molar-refractivity contribution < 1.29 is 13.2 Å². The highest BCUT2D eigenvalue weighted by molar-refractivity contribution is 5.86. The maximum atomic E-state index is 14.7. The Hall–Kier alpha value is -4.01. The second kappa shape index (κ2) is 7.01. The van der Waals surface area contributed by atoms with Crippen LogP contribution in [0.15, 0.2) is 55.2 Å². The van der Waals surface area contributed by atoms with Crippen molar-refractivity contribution in [1.82, 2.24) is 29.1 Å². The number of aryl methyl sites for hydroxylation is 1. The minimum absolute atomic E-state index is 0.197. The van der Waals surface area contributed by atoms with Gasteiger partial charge in [-0.15, -0.1) is 0 Å². The second-order valence-electron chi connectivity index (χ2n) is 7.63. The molecule has 0 amide bonds. The second-order valence-corrected chi connectivity index (χ2v) is 7.63. The van der Waals surface area contributed by atoms with Crippen LogP contribution in [0.2, 0.25) is 0 Å². The first-order valence-electron chi connectivity index (χ1n) is 10.1. The van der Waals surface area contributed by atoms with E-state index in [2.05, 4.69) is 19.9 Å². The number of hydrogen-bond donors (Lipinski definition) is 0. The number of nitrogens with zero attached hydrogens (tertiary/aromatic N) is 6.